The molecule has 0 atom stereocenters. The van der Waals surface area contributed by atoms with Crippen molar-refractivity contribution in [1.82, 2.24) is 0 Å². The van der Waals surface area contributed by atoms with Gasteiger partial charge in [0.15, 0.2) is 6.86 Å². The molecule has 0 saturated heterocycles. The predicted molar refractivity (Wildman–Crippen MR) is 45.0 cm³/mol. The van der Waals surface area contributed by atoms with Crippen molar-refractivity contribution in [3.8, 4) is 0 Å². The van der Waals surface area contributed by atoms with E-state index in [1.165, 1.54) is 18.2 Å². The summed E-state index contributed by atoms with van der Waals surface area (Å²) in [5, 5.41) is 7.36. The minimum Gasteiger partial charge on any atom is -0.366 e. The summed E-state index contributed by atoms with van der Waals surface area (Å²) in [5.41, 5.74) is 0.0856. The van der Waals surface area contributed by atoms with Crippen molar-refractivity contribution in [2.75, 3.05) is 6.86 Å². The van der Waals surface area contributed by atoms with Crippen LogP contribution in [0.3, 0.4) is 0 Å². The molecule has 0 saturated carbocycles. The molecule has 5 heteroatoms. The molecule has 0 aliphatic heterocycles. The molecule has 0 aliphatic carbocycles. The van der Waals surface area contributed by atoms with E-state index in [4.69, 9.17) is 24.6 Å². The molecular formula is C7H6BClF2O. The summed E-state index contributed by atoms with van der Waals surface area (Å²) in [7, 11) is 5.16. The van der Waals surface area contributed by atoms with E-state index in [-0.39, 0.29) is 5.46 Å². The van der Waals surface area contributed by atoms with Crippen LogP contribution in [0.5, 0.6) is 0 Å². The first kappa shape index (κ1) is 11.4. The van der Waals surface area contributed by atoms with Crippen molar-refractivity contribution < 1.29 is 13.9 Å². The van der Waals surface area contributed by atoms with Gasteiger partial charge in [-0.25, -0.2) is 8.78 Å². The van der Waals surface area contributed by atoms with Gasteiger partial charge in [0.1, 0.15) is 13.7 Å². The zero-order valence-corrected chi connectivity index (χ0v) is 6.85. The average molecular weight is 190 g/mol. The van der Waals surface area contributed by atoms with Crippen molar-refractivity contribution >= 4 is 24.9 Å². The first-order valence-electron chi connectivity index (χ1n) is 2.99. The van der Waals surface area contributed by atoms with Crippen LogP contribution in [0, 0.1) is 5.82 Å². The molecule has 1 aromatic carbocycles. The lowest BCUT2D eigenvalue weighted by Gasteiger charge is -1.93. The fourth-order valence-electron chi connectivity index (χ4n) is 0.515. The number of halogens is 3. The number of hydrogen-bond acceptors (Lipinski definition) is 1. The fourth-order valence-corrected chi connectivity index (χ4v) is 0.695. The van der Waals surface area contributed by atoms with Gasteiger partial charge < -0.3 is 5.11 Å². The molecule has 0 heterocycles. The van der Waals surface area contributed by atoms with Crippen molar-refractivity contribution in [2.24, 2.45) is 0 Å². The normalized spacial score (nSPS) is 8.67. The van der Waals surface area contributed by atoms with Crippen molar-refractivity contribution in [1.29, 1.82) is 0 Å². The van der Waals surface area contributed by atoms with Crippen molar-refractivity contribution in [3.63, 3.8) is 0 Å². The SMILES string of the molecule is OCF.[B]c1cc(Cl)ccc1F. The molecule has 64 valence electrons. The summed E-state index contributed by atoms with van der Waals surface area (Å²) >= 11 is 5.47. The van der Waals surface area contributed by atoms with E-state index in [1.54, 1.807) is 0 Å². The van der Waals surface area contributed by atoms with E-state index in [0.29, 0.717) is 5.02 Å². The number of alkyl halides is 1. The van der Waals surface area contributed by atoms with Gasteiger partial charge in [-0.15, -0.1) is 0 Å². The molecule has 12 heavy (non-hydrogen) atoms. The summed E-state index contributed by atoms with van der Waals surface area (Å²) in [6.07, 6.45) is 0. The Balaban J connectivity index is 0.000000354. The minimum absolute atomic E-state index is 0.0856. The van der Waals surface area contributed by atoms with Gasteiger partial charge in [-0.1, -0.05) is 17.1 Å². The Morgan fingerprint density at radius 1 is 1.50 bits per heavy atom. The number of rotatable bonds is 0. The van der Waals surface area contributed by atoms with E-state index in [2.05, 4.69) is 0 Å². The first-order valence-corrected chi connectivity index (χ1v) is 3.37. The number of benzene rings is 1. The van der Waals surface area contributed by atoms with Crippen LogP contribution in [0.15, 0.2) is 18.2 Å². The van der Waals surface area contributed by atoms with Crippen LogP contribution in [0.1, 0.15) is 0 Å². The highest BCUT2D eigenvalue weighted by Gasteiger charge is 1.93. The molecule has 0 spiro atoms. The molecule has 0 aliphatic rings. The van der Waals surface area contributed by atoms with Gasteiger partial charge in [0, 0.05) is 5.02 Å². The molecule has 0 fully saturated rings. The second kappa shape index (κ2) is 5.97. The lowest BCUT2D eigenvalue weighted by atomic mass is 9.96. The largest absolute Gasteiger partial charge is 0.366 e. The second-order valence-corrected chi connectivity index (χ2v) is 2.22. The Hall–Kier alpha value is -0.605. The third kappa shape index (κ3) is 4.31. The van der Waals surface area contributed by atoms with Crippen molar-refractivity contribution in [2.45, 2.75) is 0 Å². The standard InChI is InChI=1S/C6H3BClF.CH3FO/c7-5-3-4(8)1-2-6(5)9;2-1-3/h1-3H;3H,1H2. The maximum Gasteiger partial charge on any atom is 0.185 e. The van der Waals surface area contributed by atoms with Gasteiger partial charge >= 0.3 is 0 Å². The maximum atomic E-state index is 12.3. The summed E-state index contributed by atoms with van der Waals surface area (Å²) in [4.78, 5) is 0. The summed E-state index contributed by atoms with van der Waals surface area (Å²) in [5.74, 6) is -0.431. The Labute approximate surface area is 75.4 Å². The van der Waals surface area contributed by atoms with E-state index >= 15 is 0 Å². The third-order valence-electron chi connectivity index (χ3n) is 0.958. The molecule has 0 bridgehead atoms. The average Bonchev–Trinajstić information content (AvgIpc) is 1.99. The van der Waals surface area contributed by atoms with Gasteiger partial charge in [-0.2, -0.15) is 0 Å². The molecule has 2 radical (unpaired) electrons. The van der Waals surface area contributed by atoms with E-state index in [9.17, 15) is 8.78 Å². The van der Waals surface area contributed by atoms with E-state index < -0.39 is 12.7 Å². The molecule has 0 amide bonds. The van der Waals surface area contributed by atoms with Crippen LogP contribution >= 0.6 is 11.6 Å². The van der Waals surface area contributed by atoms with Crippen LogP contribution in [0.4, 0.5) is 8.78 Å². The highest BCUT2D eigenvalue weighted by Crippen LogP contribution is 2.05. The van der Waals surface area contributed by atoms with Gasteiger partial charge in [0.05, 0.1) is 0 Å². The highest BCUT2D eigenvalue weighted by atomic mass is 35.5. The van der Waals surface area contributed by atoms with Crippen LogP contribution < -0.4 is 5.46 Å². The second-order valence-electron chi connectivity index (χ2n) is 1.79. The van der Waals surface area contributed by atoms with E-state index in [0.717, 1.165) is 0 Å². The summed E-state index contributed by atoms with van der Waals surface area (Å²) in [6, 6.07) is 4.06. The molecule has 0 unspecified atom stereocenters. The topological polar surface area (TPSA) is 20.2 Å². The quantitative estimate of drug-likeness (QED) is 0.609. The Bertz CT molecular complexity index is 245. The lowest BCUT2D eigenvalue weighted by molar-refractivity contribution is 0.168. The molecule has 0 aromatic heterocycles. The van der Waals surface area contributed by atoms with Crippen LogP contribution in [-0.2, 0) is 0 Å². The van der Waals surface area contributed by atoms with E-state index in [1.807, 2.05) is 0 Å². The molecule has 1 nitrogen and oxygen atoms in total. The predicted octanol–water partition coefficient (Wildman–Crippen LogP) is 1.18. The minimum atomic E-state index is -1.25. The summed E-state index contributed by atoms with van der Waals surface area (Å²) in [6.45, 7) is -1.25. The summed E-state index contributed by atoms with van der Waals surface area (Å²) < 4.78 is 22.2. The molecular weight excluding hydrogens is 184 g/mol. The van der Waals surface area contributed by atoms with Crippen molar-refractivity contribution in [3.05, 3.63) is 29.0 Å². The highest BCUT2D eigenvalue weighted by molar-refractivity contribution is 6.36. The van der Waals surface area contributed by atoms with Gasteiger partial charge in [-0.05, 0) is 18.2 Å². The zero-order valence-electron chi connectivity index (χ0n) is 6.10. The number of hydrogen-bond donors (Lipinski definition) is 1. The first-order chi connectivity index (χ1) is 5.61. The Kier molecular flexibility index (Phi) is 5.67. The Morgan fingerprint density at radius 2 is 2.00 bits per heavy atom. The molecule has 1 rings (SSSR count). The van der Waals surface area contributed by atoms with Gasteiger partial charge in [0.25, 0.3) is 0 Å². The van der Waals surface area contributed by atoms with Gasteiger partial charge in [0.2, 0.25) is 0 Å². The number of aliphatic hydroxyl groups excluding tert-OH is 1. The molecule has 1 aromatic rings. The monoisotopic (exact) mass is 190 g/mol. The number of aliphatic hydroxyl groups is 1. The Morgan fingerprint density at radius 3 is 2.33 bits per heavy atom. The molecule has 1 N–H and O–H groups in total. The van der Waals surface area contributed by atoms with Crippen LogP contribution in [-0.4, -0.2) is 19.8 Å². The van der Waals surface area contributed by atoms with Crippen LogP contribution in [0.2, 0.25) is 5.02 Å². The van der Waals surface area contributed by atoms with Crippen LogP contribution in [0.25, 0.3) is 0 Å². The van der Waals surface area contributed by atoms with Gasteiger partial charge in [-0.3, -0.25) is 0 Å². The maximum absolute atomic E-state index is 12.3. The fraction of sp³-hybridized carbons (Fsp3) is 0.143. The smallest absolute Gasteiger partial charge is 0.185 e. The lowest BCUT2D eigenvalue weighted by Crippen LogP contribution is -2.06. The third-order valence-corrected chi connectivity index (χ3v) is 1.19. The zero-order chi connectivity index (χ0) is 9.56.